The Morgan fingerprint density at radius 1 is 1.06 bits per heavy atom. The van der Waals surface area contributed by atoms with Crippen LogP contribution in [0.15, 0.2) is 48.5 Å². The third kappa shape index (κ3) is 8.53. The molecule has 1 atom stereocenters. The van der Waals surface area contributed by atoms with Gasteiger partial charge in [0.05, 0.1) is 10.7 Å². The van der Waals surface area contributed by atoms with Crippen LogP contribution in [0.3, 0.4) is 0 Å². The van der Waals surface area contributed by atoms with E-state index < -0.39 is 11.0 Å². The first kappa shape index (κ1) is 26.4. The first-order valence-corrected chi connectivity index (χ1v) is 12.4. The fourth-order valence-corrected chi connectivity index (χ4v) is 4.24. The van der Waals surface area contributed by atoms with Gasteiger partial charge in [-0.2, -0.15) is 0 Å². The SMILES string of the molecule is CCCCNC(=O)[C@H](CC)N(Cc1ccc(C)cc1)C(=O)CSCc1ccc([N+](=O)[O-])cc1. The number of nitro groups is 1. The topological polar surface area (TPSA) is 92.6 Å². The minimum atomic E-state index is -0.532. The van der Waals surface area contributed by atoms with Crippen LogP contribution < -0.4 is 5.32 Å². The van der Waals surface area contributed by atoms with Crippen molar-refractivity contribution < 1.29 is 14.5 Å². The van der Waals surface area contributed by atoms with Crippen LogP contribution in [0.2, 0.25) is 0 Å². The molecule has 0 heterocycles. The lowest BCUT2D eigenvalue weighted by Gasteiger charge is -2.30. The van der Waals surface area contributed by atoms with Crippen molar-refractivity contribution in [2.45, 2.75) is 58.4 Å². The van der Waals surface area contributed by atoms with Gasteiger partial charge in [0.1, 0.15) is 6.04 Å². The zero-order valence-corrected chi connectivity index (χ0v) is 20.4. The predicted molar refractivity (Wildman–Crippen MR) is 133 cm³/mol. The van der Waals surface area contributed by atoms with Crippen molar-refractivity contribution in [3.05, 3.63) is 75.3 Å². The van der Waals surface area contributed by atoms with Crippen LogP contribution in [-0.2, 0) is 21.9 Å². The lowest BCUT2D eigenvalue weighted by molar-refractivity contribution is -0.384. The average molecular weight is 472 g/mol. The second-order valence-electron chi connectivity index (χ2n) is 7.99. The van der Waals surface area contributed by atoms with Crippen molar-refractivity contribution in [2.24, 2.45) is 0 Å². The highest BCUT2D eigenvalue weighted by Gasteiger charge is 2.28. The highest BCUT2D eigenvalue weighted by Crippen LogP contribution is 2.19. The van der Waals surface area contributed by atoms with E-state index in [2.05, 4.69) is 12.2 Å². The number of nitro benzene ring substituents is 1. The number of carbonyl (C=O) groups is 2. The van der Waals surface area contributed by atoms with Crippen LogP contribution >= 0.6 is 11.8 Å². The van der Waals surface area contributed by atoms with Gasteiger partial charge in [0.2, 0.25) is 11.8 Å². The fraction of sp³-hybridized carbons (Fsp3) is 0.440. The summed E-state index contributed by atoms with van der Waals surface area (Å²) in [6, 6.07) is 13.8. The highest BCUT2D eigenvalue weighted by molar-refractivity contribution is 7.99. The smallest absolute Gasteiger partial charge is 0.269 e. The largest absolute Gasteiger partial charge is 0.354 e. The predicted octanol–water partition coefficient (Wildman–Crippen LogP) is 4.86. The van der Waals surface area contributed by atoms with E-state index in [1.807, 2.05) is 38.1 Å². The standard InChI is InChI=1S/C25H33N3O4S/c1-4-6-15-26-25(30)23(5-2)27(16-20-9-7-19(3)8-10-20)24(29)18-33-17-21-11-13-22(14-12-21)28(31)32/h7-14,23H,4-6,15-18H2,1-3H3,(H,26,30)/t23-/m0/s1. The summed E-state index contributed by atoms with van der Waals surface area (Å²) in [6.45, 7) is 6.98. The summed E-state index contributed by atoms with van der Waals surface area (Å²) in [6.07, 6.45) is 2.42. The number of nitrogens with zero attached hydrogens (tertiary/aromatic N) is 2. The number of non-ortho nitro benzene ring substituents is 1. The molecule has 2 aromatic carbocycles. The number of unbranched alkanes of at least 4 members (excludes halogenated alkanes) is 1. The molecule has 0 aromatic heterocycles. The zero-order valence-electron chi connectivity index (χ0n) is 19.6. The van der Waals surface area contributed by atoms with Crippen molar-refractivity contribution in [2.75, 3.05) is 12.3 Å². The summed E-state index contributed by atoms with van der Waals surface area (Å²) in [5, 5.41) is 13.8. The molecule has 0 fully saturated rings. The Morgan fingerprint density at radius 3 is 2.27 bits per heavy atom. The van der Waals surface area contributed by atoms with E-state index in [1.165, 1.54) is 23.9 Å². The summed E-state index contributed by atoms with van der Waals surface area (Å²) in [5.74, 6) is 0.565. The van der Waals surface area contributed by atoms with Gasteiger partial charge in [0.15, 0.2) is 0 Å². The molecule has 0 unspecified atom stereocenters. The van der Waals surface area contributed by atoms with Crippen LogP contribution in [0.1, 0.15) is 49.8 Å². The van der Waals surface area contributed by atoms with Gasteiger partial charge in [0, 0.05) is 31.0 Å². The Labute approximate surface area is 200 Å². The molecule has 8 heteroatoms. The summed E-state index contributed by atoms with van der Waals surface area (Å²) in [5.41, 5.74) is 3.07. The molecule has 2 amide bonds. The zero-order chi connectivity index (χ0) is 24.2. The number of hydrogen-bond acceptors (Lipinski definition) is 5. The lowest BCUT2D eigenvalue weighted by atomic mass is 10.1. The molecule has 2 aromatic rings. The second-order valence-corrected chi connectivity index (χ2v) is 8.98. The fourth-order valence-electron chi connectivity index (χ4n) is 3.37. The van der Waals surface area contributed by atoms with Gasteiger partial charge < -0.3 is 10.2 Å². The summed E-state index contributed by atoms with van der Waals surface area (Å²) < 4.78 is 0. The van der Waals surface area contributed by atoms with Gasteiger partial charge in [-0.1, -0.05) is 62.2 Å². The Morgan fingerprint density at radius 2 is 1.70 bits per heavy atom. The third-order valence-corrected chi connectivity index (χ3v) is 6.32. The van der Waals surface area contributed by atoms with E-state index in [-0.39, 0.29) is 23.3 Å². The minimum absolute atomic E-state index is 0.0453. The van der Waals surface area contributed by atoms with Crippen molar-refractivity contribution in [1.29, 1.82) is 0 Å². The van der Waals surface area contributed by atoms with Gasteiger partial charge in [-0.15, -0.1) is 11.8 Å². The normalized spacial score (nSPS) is 11.6. The Balaban J connectivity index is 2.07. The van der Waals surface area contributed by atoms with E-state index in [9.17, 15) is 19.7 Å². The van der Waals surface area contributed by atoms with Gasteiger partial charge in [-0.05, 0) is 30.9 Å². The molecule has 0 aliphatic carbocycles. The maximum Gasteiger partial charge on any atom is 0.269 e. The number of carbonyl (C=O) groups excluding carboxylic acids is 2. The number of thioether (sulfide) groups is 1. The first-order valence-electron chi connectivity index (χ1n) is 11.3. The molecule has 33 heavy (non-hydrogen) atoms. The molecule has 7 nitrogen and oxygen atoms in total. The average Bonchev–Trinajstić information content (AvgIpc) is 2.80. The van der Waals surface area contributed by atoms with Gasteiger partial charge >= 0.3 is 0 Å². The monoisotopic (exact) mass is 471 g/mol. The molecule has 0 saturated carbocycles. The van der Waals surface area contributed by atoms with Crippen LogP contribution in [-0.4, -0.2) is 40.0 Å². The van der Waals surface area contributed by atoms with Gasteiger partial charge in [-0.3, -0.25) is 19.7 Å². The highest BCUT2D eigenvalue weighted by atomic mass is 32.2. The summed E-state index contributed by atoms with van der Waals surface area (Å²) >= 11 is 1.44. The summed E-state index contributed by atoms with van der Waals surface area (Å²) in [4.78, 5) is 38.1. The number of nitrogens with one attached hydrogen (secondary N) is 1. The Kier molecular flexibility index (Phi) is 10.9. The maximum atomic E-state index is 13.2. The molecule has 0 aliphatic heterocycles. The molecule has 178 valence electrons. The van der Waals surface area contributed by atoms with E-state index in [0.717, 1.165) is 29.5 Å². The number of hydrogen-bond donors (Lipinski definition) is 1. The van der Waals surface area contributed by atoms with E-state index in [1.54, 1.807) is 17.0 Å². The quantitative estimate of drug-likeness (QED) is 0.256. The van der Waals surface area contributed by atoms with Crippen molar-refractivity contribution in [3.63, 3.8) is 0 Å². The molecule has 0 saturated heterocycles. The molecule has 0 spiro atoms. The van der Waals surface area contributed by atoms with Crippen LogP contribution in [0.25, 0.3) is 0 Å². The molecule has 0 bridgehead atoms. The van der Waals surface area contributed by atoms with E-state index in [0.29, 0.717) is 25.3 Å². The van der Waals surface area contributed by atoms with Crippen LogP contribution in [0.4, 0.5) is 5.69 Å². The van der Waals surface area contributed by atoms with E-state index >= 15 is 0 Å². The maximum absolute atomic E-state index is 13.2. The molecule has 0 radical (unpaired) electrons. The second kappa shape index (κ2) is 13.6. The van der Waals surface area contributed by atoms with Gasteiger partial charge in [0.25, 0.3) is 5.69 Å². The molecule has 2 rings (SSSR count). The number of benzene rings is 2. The Hall–Kier alpha value is -2.87. The number of amides is 2. The third-order valence-electron chi connectivity index (χ3n) is 5.33. The lowest BCUT2D eigenvalue weighted by Crippen LogP contribution is -2.49. The van der Waals surface area contributed by atoms with Crippen molar-refractivity contribution in [1.82, 2.24) is 10.2 Å². The van der Waals surface area contributed by atoms with Crippen molar-refractivity contribution in [3.8, 4) is 0 Å². The molecular formula is C25H33N3O4S. The minimum Gasteiger partial charge on any atom is -0.354 e. The van der Waals surface area contributed by atoms with Gasteiger partial charge in [-0.25, -0.2) is 0 Å². The van der Waals surface area contributed by atoms with Crippen LogP contribution in [0, 0.1) is 17.0 Å². The van der Waals surface area contributed by atoms with E-state index in [4.69, 9.17) is 0 Å². The number of rotatable bonds is 13. The van der Waals surface area contributed by atoms with Crippen LogP contribution in [0.5, 0.6) is 0 Å². The Bertz CT molecular complexity index is 916. The number of aryl methyl sites for hydroxylation is 1. The summed E-state index contributed by atoms with van der Waals surface area (Å²) in [7, 11) is 0. The van der Waals surface area contributed by atoms with Crippen molar-refractivity contribution >= 4 is 29.3 Å². The molecular weight excluding hydrogens is 438 g/mol. The molecule has 1 N–H and O–H groups in total. The first-order chi connectivity index (χ1) is 15.8. The molecule has 0 aliphatic rings.